The molecular weight excluding hydrogens is 198 g/mol. The Morgan fingerprint density at radius 1 is 1.44 bits per heavy atom. The van der Waals surface area contributed by atoms with E-state index in [1.807, 2.05) is 38.2 Å². The van der Waals surface area contributed by atoms with Gasteiger partial charge in [-0.05, 0) is 31.9 Å². The van der Waals surface area contributed by atoms with Crippen molar-refractivity contribution in [2.75, 3.05) is 0 Å². The number of fused-ring (bicyclic) bond motifs is 1. The largest absolute Gasteiger partial charge is 0.362 e. The van der Waals surface area contributed by atoms with Gasteiger partial charge in [-0.25, -0.2) is 4.85 Å². The molecule has 2 rings (SSSR count). The van der Waals surface area contributed by atoms with Crippen molar-refractivity contribution in [2.24, 2.45) is 5.73 Å². The van der Waals surface area contributed by atoms with Crippen LogP contribution in [0.5, 0.6) is 0 Å². The van der Waals surface area contributed by atoms with Crippen molar-refractivity contribution in [1.82, 2.24) is 4.98 Å². The van der Waals surface area contributed by atoms with Crippen LogP contribution in [0.1, 0.15) is 19.4 Å². The Bertz CT molecular complexity index is 553. The summed E-state index contributed by atoms with van der Waals surface area (Å²) in [5, 5.41) is 1.01. The highest BCUT2D eigenvalue weighted by Gasteiger charge is 2.16. The van der Waals surface area contributed by atoms with Crippen LogP contribution in [0.25, 0.3) is 15.7 Å². The molecule has 0 radical (unpaired) electrons. The number of benzene rings is 1. The van der Waals surface area contributed by atoms with Crippen molar-refractivity contribution in [3.05, 3.63) is 41.4 Å². The Hall–Kier alpha value is -1.79. The highest BCUT2D eigenvalue weighted by molar-refractivity contribution is 5.95. The highest BCUT2D eigenvalue weighted by Crippen LogP contribution is 2.30. The van der Waals surface area contributed by atoms with Crippen molar-refractivity contribution in [3.8, 4) is 0 Å². The van der Waals surface area contributed by atoms with Gasteiger partial charge in [-0.15, -0.1) is 0 Å². The summed E-state index contributed by atoms with van der Waals surface area (Å²) in [4.78, 5) is 6.74. The van der Waals surface area contributed by atoms with Crippen LogP contribution in [0, 0.1) is 6.57 Å². The average Bonchev–Trinajstić information content (AvgIpc) is 2.59. The summed E-state index contributed by atoms with van der Waals surface area (Å²) >= 11 is 0. The predicted molar refractivity (Wildman–Crippen MR) is 66.5 cm³/mol. The number of hydrogen-bond acceptors (Lipinski definition) is 1. The van der Waals surface area contributed by atoms with E-state index >= 15 is 0 Å². The third-order valence-electron chi connectivity index (χ3n) is 2.53. The number of nitrogens with two attached hydrogens (primary N) is 1. The second kappa shape index (κ2) is 3.66. The fourth-order valence-electron chi connectivity index (χ4n) is 1.96. The third-order valence-corrected chi connectivity index (χ3v) is 2.53. The van der Waals surface area contributed by atoms with Crippen LogP contribution in [0.4, 0.5) is 5.69 Å². The van der Waals surface area contributed by atoms with Crippen molar-refractivity contribution in [2.45, 2.75) is 25.8 Å². The zero-order valence-electron chi connectivity index (χ0n) is 9.54. The van der Waals surface area contributed by atoms with Crippen molar-refractivity contribution in [1.29, 1.82) is 0 Å². The molecule has 0 amide bonds. The normalized spacial score (nSPS) is 11.6. The Labute approximate surface area is 95.1 Å². The monoisotopic (exact) mass is 213 g/mol. The minimum atomic E-state index is -0.260. The van der Waals surface area contributed by atoms with Gasteiger partial charge in [-0.3, -0.25) is 0 Å². The van der Waals surface area contributed by atoms with Crippen molar-refractivity contribution in [3.63, 3.8) is 0 Å². The molecule has 3 heteroatoms. The number of hydrogen-bond donors (Lipinski definition) is 2. The van der Waals surface area contributed by atoms with Gasteiger partial charge in [0, 0.05) is 22.6 Å². The highest BCUT2D eigenvalue weighted by atomic mass is 14.7. The first-order valence-electron chi connectivity index (χ1n) is 5.26. The van der Waals surface area contributed by atoms with E-state index in [4.69, 9.17) is 12.3 Å². The van der Waals surface area contributed by atoms with E-state index in [-0.39, 0.29) is 5.54 Å². The maximum absolute atomic E-state index is 7.17. The quantitative estimate of drug-likeness (QED) is 0.740. The molecule has 82 valence electrons. The number of aromatic nitrogens is 1. The first-order valence-corrected chi connectivity index (χ1v) is 5.26. The lowest BCUT2D eigenvalue weighted by atomic mass is 9.95. The van der Waals surface area contributed by atoms with E-state index in [1.165, 1.54) is 0 Å². The lowest BCUT2D eigenvalue weighted by Crippen LogP contribution is -2.34. The summed E-state index contributed by atoms with van der Waals surface area (Å²) in [5.41, 5.74) is 8.58. The molecule has 0 aliphatic carbocycles. The van der Waals surface area contributed by atoms with Gasteiger partial charge in [-0.2, -0.15) is 0 Å². The second-order valence-corrected chi connectivity index (χ2v) is 4.79. The molecule has 0 saturated heterocycles. The molecule has 1 aromatic heterocycles. The van der Waals surface area contributed by atoms with Crippen LogP contribution in [0.2, 0.25) is 0 Å². The summed E-state index contributed by atoms with van der Waals surface area (Å²) < 4.78 is 0. The summed E-state index contributed by atoms with van der Waals surface area (Å²) in [6.07, 6.45) is 2.72. The van der Waals surface area contributed by atoms with Gasteiger partial charge in [0.2, 0.25) is 0 Å². The minimum absolute atomic E-state index is 0.260. The molecule has 1 aromatic carbocycles. The number of rotatable bonds is 2. The van der Waals surface area contributed by atoms with Crippen LogP contribution in [-0.4, -0.2) is 10.5 Å². The molecule has 0 spiro atoms. The fourth-order valence-corrected chi connectivity index (χ4v) is 1.96. The minimum Gasteiger partial charge on any atom is -0.362 e. The smallest absolute Gasteiger partial charge is 0.196 e. The van der Waals surface area contributed by atoms with Gasteiger partial charge in [0.1, 0.15) is 0 Å². The Morgan fingerprint density at radius 3 is 2.81 bits per heavy atom. The summed E-state index contributed by atoms with van der Waals surface area (Å²) in [5.74, 6) is 0. The van der Waals surface area contributed by atoms with Gasteiger partial charge < -0.3 is 10.7 Å². The first kappa shape index (κ1) is 10.7. The zero-order chi connectivity index (χ0) is 11.8. The van der Waals surface area contributed by atoms with Crippen molar-refractivity contribution < 1.29 is 0 Å². The SMILES string of the molecule is [C-]#[N+]c1cccc2[nH]cc(CC(C)(C)N)c12. The molecule has 0 atom stereocenters. The molecule has 0 aliphatic rings. The topological polar surface area (TPSA) is 46.2 Å². The predicted octanol–water partition coefficient (Wildman–Crippen LogP) is 3.00. The molecule has 3 nitrogen and oxygen atoms in total. The maximum atomic E-state index is 7.17. The summed E-state index contributed by atoms with van der Waals surface area (Å²) in [6, 6.07) is 5.72. The lowest BCUT2D eigenvalue weighted by Gasteiger charge is -2.17. The Balaban J connectivity index is 2.60. The van der Waals surface area contributed by atoms with Gasteiger partial charge in [-0.1, -0.05) is 12.1 Å². The van der Waals surface area contributed by atoms with Crippen LogP contribution in [0.3, 0.4) is 0 Å². The van der Waals surface area contributed by atoms with Crippen LogP contribution >= 0.6 is 0 Å². The first-order chi connectivity index (χ1) is 7.51. The molecule has 0 saturated carbocycles. The molecule has 16 heavy (non-hydrogen) atoms. The van der Waals surface area contributed by atoms with E-state index in [9.17, 15) is 0 Å². The molecular formula is C13H15N3. The average molecular weight is 213 g/mol. The third kappa shape index (κ3) is 1.93. The second-order valence-electron chi connectivity index (χ2n) is 4.79. The number of nitrogens with zero attached hydrogens (tertiary/aromatic N) is 1. The van der Waals surface area contributed by atoms with E-state index in [0.717, 1.165) is 22.9 Å². The van der Waals surface area contributed by atoms with E-state index in [2.05, 4.69) is 9.83 Å². The Kier molecular flexibility index (Phi) is 2.45. The van der Waals surface area contributed by atoms with Gasteiger partial charge >= 0.3 is 0 Å². The molecule has 1 heterocycles. The van der Waals surface area contributed by atoms with E-state index in [1.54, 1.807) is 0 Å². The summed E-state index contributed by atoms with van der Waals surface area (Å²) in [6.45, 7) is 11.2. The van der Waals surface area contributed by atoms with Crippen LogP contribution in [-0.2, 0) is 6.42 Å². The molecule has 0 fully saturated rings. The zero-order valence-corrected chi connectivity index (χ0v) is 9.54. The van der Waals surface area contributed by atoms with Crippen LogP contribution < -0.4 is 5.73 Å². The van der Waals surface area contributed by atoms with Gasteiger partial charge in [0.05, 0.1) is 6.57 Å². The Morgan fingerprint density at radius 2 is 2.19 bits per heavy atom. The van der Waals surface area contributed by atoms with Gasteiger partial charge in [0.15, 0.2) is 5.69 Å². The molecule has 0 aliphatic heterocycles. The van der Waals surface area contributed by atoms with Crippen LogP contribution in [0.15, 0.2) is 24.4 Å². The number of H-pyrrole nitrogens is 1. The molecule has 0 bridgehead atoms. The number of aromatic amines is 1. The number of nitrogens with one attached hydrogen (secondary N) is 1. The molecule has 3 N–H and O–H groups in total. The van der Waals surface area contributed by atoms with E-state index in [0.29, 0.717) is 5.69 Å². The lowest BCUT2D eigenvalue weighted by molar-refractivity contribution is 0.518. The van der Waals surface area contributed by atoms with Gasteiger partial charge in [0.25, 0.3) is 0 Å². The summed E-state index contributed by atoms with van der Waals surface area (Å²) in [7, 11) is 0. The molecule has 0 unspecified atom stereocenters. The standard InChI is InChI=1S/C13H15N3/c1-13(2,14)7-9-8-16-11-6-4-5-10(15-3)12(9)11/h4-6,8,16H,7,14H2,1-2H3. The maximum Gasteiger partial charge on any atom is 0.196 e. The van der Waals surface area contributed by atoms with Crippen molar-refractivity contribution >= 4 is 16.6 Å². The fraction of sp³-hybridized carbons (Fsp3) is 0.308. The molecule has 2 aromatic rings. The van der Waals surface area contributed by atoms with E-state index < -0.39 is 0 Å².